The van der Waals surface area contributed by atoms with E-state index in [1.165, 1.54) is 19.5 Å². The van der Waals surface area contributed by atoms with Crippen LogP contribution in [0.1, 0.15) is 13.3 Å². The first-order valence-electron chi connectivity index (χ1n) is 3.31. The molecule has 0 bridgehead atoms. The van der Waals surface area contributed by atoms with Gasteiger partial charge in [-0.05, 0) is 18.9 Å². The molecule has 0 aliphatic carbocycles. The molecule has 2 aliphatic heterocycles. The fourth-order valence-corrected chi connectivity index (χ4v) is 1.48. The van der Waals surface area contributed by atoms with Crippen LogP contribution in [0, 0.1) is 5.92 Å². The highest BCUT2D eigenvalue weighted by Gasteiger charge is 2.46. The maximum Gasteiger partial charge on any atom is 0.0820 e. The van der Waals surface area contributed by atoms with Gasteiger partial charge < -0.3 is 0 Å². The SMILES string of the molecule is CC1CNC2(CN2)C1. The van der Waals surface area contributed by atoms with E-state index in [2.05, 4.69) is 17.6 Å². The zero-order valence-corrected chi connectivity index (χ0v) is 5.20. The molecule has 2 aliphatic rings. The summed E-state index contributed by atoms with van der Waals surface area (Å²) in [6.45, 7) is 4.69. The van der Waals surface area contributed by atoms with Crippen LogP contribution in [0.4, 0.5) is 0 Å². The summed E-state index contributed by atoms with van der Waals surface area (Å²) in [6, 6.07) is 0. The molecule has 2 N–H and O–H groups in total. The van der Waals surface area contributed by atoms with Gasteiger partial charge in [0.25, 0.3) is 0 Å². The summed E-state index contributed by atoms with van der Waals surface area (Å²) in [7, 11) is 0. The van der Waals surface area contributed by atoms with E-state index in [0.717, 1.165) is 5.92 Å². The van der Waals surface area contributed by atoms with E-state index in [9.17, 15) is 0 Å². The van der Waals surface area contributed by atoms with Crippen LogP contribution in [0.25, 0.3) is 0 Å². The van der Waals surface area contributed by atoms with Crippen LogP contribution in [0.2, 0.25) is 0 Å². The van der Waals surface area contributed by atoms with Crippen molar-refractivity contribution in [1.29, 1.82) is 0 Å². The summed E-state index contributed by atoms with van der Waals surface area (Å²) in [6.07, 6.45) is 1.33. The van der Waals surface area contributed by atoms with Gasteiger partial charge in [0.1, 0.15) is 0 Å². The molecule has 2 unspecified atom stereocenters. The summed E-state index contributed by atoms with van der Waals surface area (Å²) in [5, 5.41) is 6.77. The van der Waals surface area contributed by atoms with Crippen LogP contribution in [0.15, 0.2) is 0 Å². The van der Waals surface area contributed by atoms with Crippen molar-refractivity contribution in [2.45, 2.75) is 19.0 Å². The molecule has 0 amide bonds. The van der Waals surface area contributed by atoms with Crippen molar-refractivity contribution in [3.63, 3.8) is 0 Å². The summed E-state index contributed by atoms with van der Waals surface area (Å²) in [5.41, 5.74) is 0.416. The molecule has 8 heavy (non-hydrogen) atoms. The first kappa shape index (κ1) is 4.77. The maximum atomic E-state index is 3.45. The Kier molecular flexibility index (Phi) is 0.746. The van der Waals surface area contributed by atoms with E-state index < -0.39 is 0 Å². The fourth-order valence-electron chi connectivity index (χ4n) is 1.48. The smallest absolute Gasteiger partial charge is 0.0820 e. The minimum atomic E-state index is 0.416. The van der Waals surface area contributed by atoms with Crippen LogP contribution in [0.3, 0.4) is 0 Å². The van der Waals surface area contributed by atoms with E-state index in [0.29, 0.717) is 5.66 Å². The van der Waals surface area contributed by atoms with E-state index in [1.54, 1.807) is 0 Å². The summed E-state index contributed by atoms with van der Waals surface area (Å²) >= 11 is 0. The number of rotatable bonds is 0. The molecule has 0 saturated carbocycles. The Morgan fingerprint density at radius 1 is 1.50 bits per heavy atom. The molecule has 0 aromatic carbocycles. The van der Waals surface area contributed by atoms with Gasteiger partial charge in [0, 0.05) is 6.54 Å². The topological polar surface area (TPSA) is 34.0 Å². The Morgan fingerprint density at radius 3 is 2.50 bits per heavy atom. The first-order valence-corrected chi connectivity index (χ1v) is 3.31. The zero-order chi connectivity index (χ0) is 5.61. The normalized spacial score (nSPS) is 52.9. The molecule has 2 nitrogen and oxygen atoms in total. The third-order valence-electron chi connectivity index (χ3n) is 2.09. The van der Waals surface area contributed by atoms with Gasteiger partial charge in [-0.1, -0.05) is 6.92 Å². The molecule has 2 fully saturated rings. The van der Waals surface area contributed by atoms with Crippen molar-refractivity contribution in [3.8, 4) is 0 Å². The molecule has 2 atom stereocenters. The highest BCUT2D eigenvalue weighted by atomic mass is 15.3. The fraction of sp³-hybridized carbons (Fsp3) is 1.00. The molecule has 0 aromatic rings. The largest absolute Gasteiger partial charge is 0.298 e. The molecule has 1 spiro atoms. The molecule has 46 valence electrons. The third kappa shape index (κ3) is 0.565. The lowest BCUT2D eigenvalue weighted by molar-refractivity contribution is 0.565. The zero-order valence-electron chi connectivity index (χ0n) is 5.20. The van der Waals surface area contributed by atoms with Crippen molar-refractivity contribution in [3.05, 3.63) is 0 Å². The van der Waals surface area contributed by atoms with Gasteiger partial charge in [-0.15, -0.1) is 0 Å². The van der Waals surface area contributed by atoms with Crippen LogP contribution < -0.4 is 10.6 Å². The molecule has 2 heterocycles. The highest BCUT2D eigenvalue weighted by molar-refractivity contribution is 5.06. The third-order valence-corrected chi connectivity index (χ3v) is 2.09. The van der Waals surface area contributed by atoms with Crippen LogP contribution >= 0.6 is 0 Å². The van der Waals surface area contributed by atoms with Crippen LogP contribution in [-0.4, -0.2) is 18.8 Å². The first-order chi connectivity index (χ1) is 3.81. The summed E-state index contributed by atoms with van der Waals surface area (Å²) in [4.78, 5) is 0. The lowest BCUT2D eigenvalue weighted by atomic mass is 10.1. The molecule has 0 aromatic heterocycles. The summed E-state index contributed by atoms with van der Waals surface area (Å²) in [5.74, 6) is 0.880. The van der Waals surface area contributed by atoms with Crippen molar-refractivity contribution in [2.24, 2.45) is 5.92 Å². The number of hydrogen-bond donors (Lipinski definition) is 2. The average molecular weight is 112 g/mol. The minimum absolute atomic E-state index is 0.416. The Balaban J connectivity index is 2.03. The molecule has 2 rings (SSSR count). The van der Waals surface area contributed by atoms with Crippen molar-refractivity contribution in [1.82, 2.24) is 10.6 Å². The van der Waals surface area contributed by atoms with E-state index in [4.69, 9.17) is 0 Å². The lowest BCUT2D eigenvalue weighted by Crippen LogP contribution is -2.27. The minimum Gasteiger partial charge on any atom is -0.298 e. The Bertz CT molecular complexity index is 107. The molecular weight excluding hydrogens is 100 g/mol. The Morgan fingerprint density at radius 2 is 2.25 bits per heavy atom. The predicted molar refractivity (Wildman–Crippen MR) is 32.5 cm³/mol. The quantitative estimate of drug-likeness (QED) is 0.430. The van der Waals surface area contributed by atoms with E-state index >= 15 is 0 Å². The number of hydrogen-bond acceptors (Lipinski definition) is 2. The molecular formula is C6H12N2. The van der Waals surface area contributed by atoms with E-state index in [1.807, 2.05) is 0 Å². The van der Waals surface area contributed by atoms with Crippen LogP contribution in [0.5, 0.6) is 0 Å². The highest BCUT2D eigenvalue weighted by Crippen LogP contribution is 2.28. The summed E-state index contributed by atoms with van der Waals surface area (Å²) < 4.78 is 0. The molecule has 0 radical (unpaired) electrons. The van der Waals surface area contributed by atoms with Gasteiger partial charge >= 0.3 is 0 Å². The van der Waals surface area contributed by atoms with Crippen molar-refractivity contribution < 1.29 is 0 Å². The second-order valence-corrected chi connectivity index (χ2v) is 3.13. The maximum absolute atomic E-state index is 3.45. The number of nitrogens with one attached hydrogen (secondary N) is 2. The van der Waals surface area contributed by atoms with E-state index in [-0.39, 0.29) is 0 Å². The van der Waals surface area contributed by atoms with Gasteiger partial charge in [-0.2, -0.15) is 0 Å². The van der Waals surface area contributed by atoms with Gasteiger partial charge in [0.05, 0.1) is 5.66 Å². The average Bonchev–Trinajstić information content (AvgIpc) is 2.34. The Hall–Kier alpha value is -0.0800. The van der Waals surface area contributed by atoms with Gasteiger partial charge in [0.15, 0.2) is 0 Å². The predicted octanol–water partition coefficient (Wildman–Crippen LogP) is -0.0847. The van der Waals surface area contributed by atoms with Gasteiger partial charge in [-0.25, -0.2) is 0 Å². The van der Waals surface area contributed by atoms with Crippen molar-refractivity contribution in [2.75, 3.05) is 13.1 Å². The molecule has 2 heteroatoms. The van der Waals surface area contributed by atoms with Crippen molar-refractivity contribution >= 4 is 0 Å². The lowest BCUT2D eigenvalue weighted by Gasteiger charge is -2.00. The Labute approximate surface area is 49.7 Å². The monoisotopic (exact) mass is 112 g/mol. The van der Waals surface area contributed by atoms with Gasteiger partial charge in [-0.3, -0.25) is 10.6 Å². The molecule has 2 saturated heterocycles. The second kappa shape index (κ2) is 1.25. The standard InChI is InChI=1S/C6H12N2/c1-5-2-6(4-8-6)7-3-5/h5,7-8H,2-4H2,1H3. The van der Waals surface area contributed by atoms with Crippen LogP contribution in [-0.2, 0) is 0 Å². The second-order valence-electron chi connectivity index (χ2n) is 3.13. The van der Waals surface area contributed by atoms with Gasteiger partial charge in [0.2, 0.25) is 0 Å².